The van der Waals surface area contributed by atoms with Gasteiger partial charge in [0, 0.05) is 12.0 Å². The van der Waals surface area contributed by atoms with Gasteiger partial charge in [0.1, 0.15) is 30.5 Å². The maximum atomic E-state index is 12.4. The first-order valence-corrected chi connectivity index (χ1v) is 9.95. The molecule has 8 unspecified atom stereocenters. The standard InChI is InChI=1S/C19H39NO11/c1-18(2,3)19(4,5)20-17(30)15(29)14(28)16(11(25)8-22)31-12(26)6-9(23)13(27)10(24)7-21/h9-16,21-29H,6-8H2,1-5H3,(H,20,30). The van der Waals surface area contributed by atoms with Crippen LogP contribution in [-0.2, 0) is 9.53 Å². The highest BCUT2D eigenvalue weighted by molar-refractivity contribution is 5.82. The predicted molar refractivity (Wildman–Crippen MR) is 107 cm³/mol. The molecule has 12 nitrogen and oxygen atoms in total. The van der Waals surface area contributed by atoms with Gasteiger partial charge in [0.05, 0.1) is 19.3 Å². The minimum absolute atomic E-state index is 0.417. The van der Waals surface area contributed by atoms with Gasteiger partial charge in [-0.15, -0.1) is 0 Å². The lowest BCUT2D eigenvalue weighted by atomic mass is 9.76. The van der Waals surface area contributed by atoms with Crippen LogP contribution in [-0.4, -0.2) is 120 Å². The number of amides is 1. The summed E-state index contributed by atoms with van der Waals surface area (Å²) in [6.45, 7) is 7.15. The van der Waals surface area contributed by atoms with Crippen molar-refractivity contribution in [1.82, 2.24) is 5.32 Å². The molecule has 0 aliphatic carbocycles. The molecule has 12 heteroatoms. The van der Waals surface area contributed by atoms with Gasteiger partial charge < -0.3 is 56.0 Å². The minimum atomic E-state index is -2.10. The molecule has 10 N–H and O–H groups in total. The van der Waals surface area contributed by atoms with Gasteiger partial charge in [0.15, 0.2) is 12.4 Å². The van der Waals surface area contributed by atoms with Gasteiger partial charge in [-0.2, -0.15) is 0 Å². The Morgan fingerprint density at radius 2 is 1.29 bits per heavy atom. The molecule has 0 spiro atoms. The molecule has 0 radical (unpaired) electrons. The Bertz CT molecular complexity index is 539. The molecule has 0 heterocycles. The zero-order valence-corrected chi connectivity index (χ0v) is 18.6. The van der Waals surface area contributed by atoms with E-state index >= 15 is 0 Å². The summed E-state index contributed by atoms with van der Waals surface area (Å²) in [6, 6.07) is 0. The molecule has 0 aromatic carbocycles. The van der Waals surface area contributed by atoms with Crippen molar-refractivity contribution in [3.8, 4) is 0 Å². The van der Waals surface area contributed by atoms with Crippen LogP contribution < -0.4 is 5.32 Å². The first-order chi connectivity index (χ1) is 14.0. The second kappa shape index (κ2) is 12.3. The molecule has 0 saturated carbocycles. The molecule has 0 rings (SSSR count). The summed E-state index contributed by atoms with van der Waals surface area (Å²) < 4.78 is 5.01. The van der Waals surface area contributed by atoms with Gasteiger partial charge in [-0.1, -0.05) is 20.8 Å². The summed E-state index contributed by atoms with van der Waals surface area (Å²) >= 11 is 0. The summed E-state index contributed by atoms with van der Waals surface area (Å²) in [5, 5.41) is 89.8. The second-order valence-electron chi connectivity index (χ2n) is 9.15. The topological polar surface area (TPSA) is 220 Å². The molecule has 0 fully saturated rings. The smallest absolute Gasteiger partial charge is 0.252 e. The van der Waals surface area contributed by atoms with E-state index in [0.717, 1.165) is 0 Å². The molecule has 186 valence electrons. The Morgan fingerprint density at radius 1 is 0.806 bits per heavy atom. The molecule has 8 atom stereocenters. The number of aliphatic hydroxyl groups is 9. The third kappa shape index (κ3) is 8.85. The van der Waals surface area contributed by atoms with Crippen LogP contribution in [0, 0.1) is 5.41 Å². The Morgan fingerprint density at radius 3 is 1.71 bits per heavy atom. The molecule has 0 aliphatic heterocycles. The average Bonchev–Trinajstić information content (AvgIpc) is 2.67. The van der Waals surface area contributed by atoms with Gasteiger partial charge in [-0.05, 0) is 19.3 Å². The average molecular weight is 458 g/mol. The van der Waals surface area contributed by atoms with E-state index in [0.29, 0.717) is 0 Å². The summed E-state index contributed by atoms with van der Waals surface area (Å²) in [7, 11) is 0. The SMILES string of the molecule is CC(C)(C)C(C)(C)NC(=O)C(O)C(O)C(OC(O)CC(O)C(O)C(O)CO)C(O)CO. The number of carbonyl (C=O) groups is 1. The van der Waals surface area contributed by atoms with E-state index in [2.05, 4.69) is 5.32 Å². The van der Waals surface area contributed by atoms with Crippen LogP contribution in [0.3, 0.4) is 0 Å². The van der Waals surface area contributed by atoms with E-state index in [1.165, 1.54) is 0 Å². The van der Waals surface area contributed by atoms with Crippen LogP contribution in [0.2, 0.25) is 0 Å². The monoisotopic (exact) mass is 457 g/mol. The quantitative estimate of drug-likeness (QED) is 0.121. The van der Waals surface area contributed by atoms with Crippen LogP contribution in [0.4, 0.5) is 0 Å². The number of aliphatic hydroxyl groups excluding tert-OH is 9. The lowest BCUT2D eigenvalue weighted by Crippen LogP contribution is -2.59. The molecule has 0 aromatic rings. The Kier molecular flexibility index (Phi) is 12.0. The highest BCUT2D eigenvalue weighted by Gasteiger charge is 2.41. The molecular formula is C19H39NO11. The van der Waals surface area contributed by atoms with Crippen molar-refractivity contribution in [3.63, 3.8) is 0 Å². The minimum Gasteiger partial charge on any atom is -0.394 e. The fourth-order valence-electron chi connectivity index (χ4n) is 2.35. The van der Waals surface area contributed by atoms with E-state index in [4.69, 9.17) is 9.84 Å². The van der Waals surface area contributed by atoms with Gasteiger partial charge >= 0.3 is 0 Å². The summed E-state index contributed by atoms with van der Waals surface area (Å²) in [4.78, 5) is 12.4. The Labute approximate surface area is 181 Å². The number of hydrogen-bond acceptors (Lipinski definition) is 11. The lowest BCUT2D eigenvalue weighted by Gasteiger charge is -2.40. The number of nitrogens with one attached hydrogen (secondary N) is 1. The van der Waals surface area contributed by atoms with E-state index in [1.54, 1.807) is 13.8 Å². The number of ether oxygens (including phenoxy) is 1. The predicted octanol–water partition coefficient (Wildman–Crippen LogP) is -3.83. The first-order valence-electron chi connectivity index (χ1n) is 9.95. The zero-order valence-electron chi connectivity index (χ0n) is 18.6. The maximum absolute atomic E-state index is 12.4. The fraction of sp³-hybridized carbons (Fsp3) is 0.947. The molecule has 0 bridgehead atoms. The summed E-state index contributed by atoms with van der Waals surface area (Å²) in [6.07, 6.45) is -15.8. The Balaban J connectivity index is 5.28. The van der Waals surface area contributed by atoms with Gasteiger partial charge in [0.2, 0.25) is 0 Å². The summed E-state index contributed by atoms with van der Waals surface area (Å²) in [5.41, 5.74) is -1.22. The van der Waals surface area contributed by atoms with Crippen LogP contribution in [0.15, 0.2) is 0 Å². The third-order valence-corrected chi connectivity index (χ3v) is 5.54. The number of carbonyl (C=O) groups excluding carboxylic acids is 1. The summed E-state index contributed by atoms with van der Waals surface area (Å²) in [5.74, 6) is -0.984. The van der Waals surface area contributed by atoms with Crippen LogP contribution >= 0.6 is 0 Å². The molecule has 31 heavy (non-hydrogen) atoms. The molecular weight excluding hydrogens is 418 g/mol. The largest absolute Gasteiger partial charge is 0.394 e. The van der Waals surface area contributed by atoms with E-state index < -0.39 is 85.5 Å². The highest BCUT2D eigenvalue weighted by atomic mass is 16.6. The molecule has 0 aromatic heterocycles. The lowest BCUT2D eigenvalue weighted by molar-refractivity contribution is -0.225. The number of rotatable bonds is 13. The molecule has 0 aliphatic rings. The van der Waals surface area contributed by atoms with Crippen molar-refractivity contribution in [2.45, 2.75) is 95.6 Å². The normalized spacial score (nSPS) is 20.8. The van der Waals surface area contributed by atoms with Crippen molar-refractivity contribution in [1.29, 1.82) is 0 Å². The first kappa shape index (κ1) is 30.1. The third-order valence-electron chi connectivity index (χ3n) is 5.54. The zero-order chi connectivity index (χ0) is 24.7. The van der Waals surface area contributed by atoms with Crippen molar-refractivity contribution in [2.75, 3.05) is 13.2 Å². The van der Waals surface area contributed by atoms with E-state index in [1.807, 2.05) is 20.8 Å². The van der Waals surface area contributed by atoms with Crippen LogP contribution in [0.5, 0.6) is 0 Å². The molecule has 1 amide bonds. The van der Waals surface area contributed by atoms with Crippen molar-refractivity contribution < 1.29 is 55.5 Å². The second-order valence-corrected chi connectivity index (χ2v) is 9.15. The van der Waals surface area contributed by atoms with Crippen LogP contribution in [0.25, 0.3) is 0 Å². The van der Waals surface area contributed by atoms with Crippen molar-refractivity contribution in [3.05, 3.63) is 0 Å². The van der Waals surface area contributed by atoms with Crippen molar-refractivity contribution in [2.24, 2.45) is 5.41 Å². The maximum Gasteiger partial charge on any atom is 0.252 e. The van der Waals surface area contributed by atoms with Crippen molar-refractivity contribution >= 4 is 5.91 Å². The van der Waals surface area contributed by atoms with E-state index in [9.17, 15) is 45.6 Å². The highest BCUT2D eigenvalue weighted by Crippen LogP contribution is 2.29. The van der Waals surface area contributed by atoms with Crippen LogP contribution in [0.1, 0.15) is 41.0 Å². The van der Waals surface area contributed by atoms with Gasteiger partial charge in [-0.25, -0.2) is 0 Å². The number of hydrogen-bond donors (Lipinski definition) is 10. The van der Waals surface area contributed by atoms with Gasteiger partial charge in [-0.3, -0.25) is 4.79 Å². The van der Waals surface area contributed by atoms with Gasteiger partial charge in [0.25, 0.3) is 5.91 Å². The molecule has 0 saturated heterocycles. The Hall–Kier alpha value is -0.930. The van der Waals surface area contributed by atoms with E-state index in [-0.39, 0.29) is 0 Å². The fourth-order valence-corrected chi connectivity index (χ4v) is 2.35.